The van der Waals surface area contributed by atoms with Gasteiger partial charge in [-0.05, 0) is 106 Å². The number of carbonyl (C=O) groups is 4. The summed E-state index contributed by atoms with van der Waals surface area (Å²) in [7, 11) is 3.40. The van der Waals surface area contributed by atoms with Gasteiger partial charge in [0.15, 0.2) is 17.7 Å². The summed E-state index contributed by atoms with van der Waals surface area (Å²) in [5.74, 6) is -2.04. The molecule has 0 saturated carbocycles. The van der Waals surface area contributed by atoms with Gasteiger partial charge >= 0.3 is 13.1 Å². The zero-order valence-electron chi connectivity index (χ0n) is 47.7. The number of nitro benzene ring substituents is 1. The first-order valence-corrected chi connectivity index (χ1v) is 29.7. The molecule has 0 bridgehead atoms. The van der Waals surface area contributed by atoms with Crippen LogP contribution in [0.5, 0.6) is 23.3 Å². The summed E-state index contributed by atoms with van der Waals surface area (Å²) < 4.78 is 85.9. The first-order chi connectivity index (χ1) is 40.2. The number of amides is 2. The maximum absolute atomic E-state index is 17.0. The van der Waals surface area contributed by atoms with Gasteiger partial charge < -0.3 is 57.6 Å². The van der Waals surface area contributed by atoms with Crippen LogP contribution >= 0.6 is 11.3 Å². The molecular formula is C56H69BF2N9O15S2+. The standard InChI is InChI=1S/C56H68BF2N9O15S2/c1-37-31-42(64-46(37)34-47-40(11-10-30-85(77,78)79)33-49(51-13-9-29-84-51)65(47)57(64,58)59)18-15-39-16-19-43(20-17-39)80-27-8-14-52(70)62-45(12-7-23-61-68(4,5)6)55(73)60-24-25-63(3)26-28-81-50-35-48(67(75)76)44(32-41(50)36-69)38(2)82-56(74)83-66-53(71)21-22-54(66)72/h9,13,15-22,29,31-36,38,45,61H,7-8,10-12,14,23-28,30H2,1-6H3,(H4-,60,62,70,71,72,73,77,78,79)/p+1. The zero-order valence-corrected chi connectivity index (χ0v) is 49.4. The van der Waals surface area contributed by atoms with E-state index < -0.39 is 63.5 Å². The largest absolute Gasteiger partial charge is 0.737 e. The van der Waals surface area contributed by atoms with Crippen molar-refractivity contribution in [1.82, 2.24) is 30.2 Å². The van der Waals surface area contributed by atoms with Crippen molar-refractivity contribution in [2.24, 2.45) is 0 Å². The highest BCUT2D eigenvalue weighted by molar-refractivity contribution is 7.85. The first kappa shape index (κ1) is 64.3. The molecule has 2 unspecified atom stereocenters. The predicted molar refractivity (Wildman–Crippen MR) is 314 cm³/mol. The Bertz CT molecular complexity index is 3480. The van der Waals surface area contributed by atoms with E-state index in [0.717, 1.165) is 33.2 Å². The van der Waals surface area contributed by atoms with Crippen molar-refractivity contribution in [2.45, 2.75) is 64.5 Å². The van der Waals surface area contributed by atoms with Crippen LogP contribution in [0.25, 0.3) is 18.2 Å². The number of quaternary nitrogens is 1. The molecule has 0 aliphatic carbocycles. The molecule has 0 fully saturated rings. The van der Waals surface area contributed by atoms with Gasteiger partial charge in [-0.2, -0.15) is 13.8 Å². The molecule has 7 rings (SSSR count). The van der Waals surface area contributed by atoms with Crippen LogP contribution in [0.4, 0.5) is 19.1 Å². The number of nitrogens with one attached hydrogen (secondary N) is 3. The third-order valence-electron chi connectivity index (χ3n) is 13.7. The van der Waals surface area contributed by atoms with Gasteiger partial charge in [0.25, 0.3) is 15.8 Å². The van der Waals surface area contributed by atoms with E-state index in [9.17, 15) is 52.5 Å². The van der Waals surface area contributed by atoms with Gasteiger partial charge in [-0.15, -0.1) is 16.1 Å². The Morgan fingerprint density at radius 1 is 0.965 bits per heavy atom. The van der Waals surface area contributed by atoms with Crippen molar-refractivity contribution < 1.29 is 84.0 Å². The number of ether oxygens (including phenoxy) is 3. The highest BCUT2D eigenvalue weighted by Crippen LogP contribution is 2.41. The summed E-state index contributed by atoms with van der Waals surface area (Å²) in [5, 5.41) is 39.1. The van der Waals surface area contributed by atoms with E-state index in [0.29, 0.717) is 92.4 Å². The Morgan fingerprint density at radius 2 is 1.69 bits per heavy atom. The smallest absolute Gasteiger partial charge is 0.494 e. The number of carbonyl (C=O) groups excluding carboxylic acids is 4. The van der Waals surface area contributed by atoms with E-state index in [1.165, 1.54) is 18.3 Å². The van der Waals surface area contributed by atoms with Crippen molar-refractivity contribution >= 4 is 82.3 Å². The summed E-state index contributed by atoms with van der Waals surface area (Å²) in [4.78, 5) is 69.7. The quantitative estimate of drug-likeness (QED) is 0.00391. The van der Waals surface area contributed by atoms with E-state index in [1.54, 1.807) is 86.1 Å². The Morgan fingerprint density at radius 3 is 2.35 bits per heavy atom. The van der Waals surface area contributed by atoms with Crippen LogP contribution in [0.2, 0.25) is 0 Å². The van der Waals surface area contributed by atoms with Crippen LogP contribution in [0.15, 0.2) is 89.5 Å². The molecule has 2 amide bonds. The number of thiophene rings is 1. The maximum atomic E-state index is 17.0. The summed E-state index contributed by atoms with van der Waals surface area (Å²) in [6, 6.07) is 15.7. The van der Waals surface area contributed by atoms with E-state index >= 15 is 8.63 Å². The predicted octanol–water partition coefficient (Wildman–Crippen LogP) is 6.74. The molecule has 6 N–H and O–H groups in total. The first-order valence-electron chi connectivity index (χ1n) is 27.2. The van der Waals surface area contributed by atoms with Crippen LogP contribution in [-0.2, 0) is 24.4 Å². The number of nitrogens with zero attached hydrogens (tertiary/aromatic N) is 6. The molecule has 5 heterocycles. The van der Waals surface area contributed by atoms with Crippen molar-refractivity contribution in [2.75, 3.05) is 73.3 Å². The fourth-order valence-corrected chi connectivity index (χ4v) is 10.8. The van der Waals surface area contributed by atoms with Gasteiger partial charge in [-0.25, -0.2) is 4.79 Å². The van der Waals surface area contributed by atoms with Gasteiger partial charge in [-0.3, -0.25) is 38.5 Å². The number of benzene rings is 2. The van der Waals surface area contributed by atoms with Crippen LogP contribution in [0.3, 0.4) is 0 Å². The number of hydrogen-bond donors (Lipinski definition) is 6. The number of aryl methyl sites for hydroxylation is 1. The lowest BCUT2D eigenvalue weighted by atomic mass is 9.88. The van der Waals surface area contributed by atoms with Gasteiger partial charge in [0, 0.05) is 73.8 Å². The maximum Gasteiger partial charge on any atom is 0.737 e. The third kappa shape index (κ3) is 17.2. The summed E-state index contributed by atoms with van der Waals surface area (Å²) in [6.07, 6.45) is 5.95. The van der Waals surface area contributed by atoms with E-state index in [2.05, 4.69) is 16.1 Å². The number of fused-ring (bicyclic) bond motifs is 2. The van der Waals surface area contributed by atoms with Crippen molar-refractivity contribution in [1.29, 1.82) is 0 Å². The second-order valence-corrected chi connectivity index (χ2v) is 23.7. The van der Waals surface area contributed by atoms with E-state index in [4.69, 9.17) is 19.0 Å². The van der Waals surface area contributed by atoms with Gasteiger partial charge in [-0.1, -0.05) is 24.3 Å². The monoisotopic (exact) mass is 1220 g/mol. The van der Waals surface area contributed by atoms with Gasteiger partial charge in [0.2, 0.25) is 23.6 Å². The number of allylic oxidation sites excluding steroid dienone is 2. The van der Waals surface area contributed by atoms with E-state index in [1.807, 2.05) is 26.0 Å². The molecule has 85 heavy (non-hydrogen) atoms. The normalized spacial score (nSPS) is 14.5. The number of hydrogen-bond acceptors (Lipinski definition) is 17. The molecular weight excluding hydrogens is 1150 g/mol. The topological polar surface area (TPSA) is 295 Å². The molecule has 0 saturated heterocycles. The Hall–Kier alpha value is -8.22. The second kappa shape index (κ2) is 28.1. The average molecular weight is 1220 g/mol. The Kier molecular flexibility index (Phi) is 21.3. The minimum absolute atomic E-state index is 0.0248. The Balaban J connectivity index is 0.878. The summed E-state index contributed by atoms with van der Waals surface area (Å²) >= 11 is 1.32. The molecule has 2 aliphatic heterocycles. The Labute approximate surface area is 493 Å². The molecule has 3 aromatic heterocycles. The number of likely N-dealkylation sites (N-methyl/N-ethyl adjacent to an activating group) is 1. The minimum Gasteiger partial charge on any atom is -0.494 e. The molecule has 5 aromatic rings. The van der Waals surface area contributed by atoms with E-state index in [-0.39, 0.29) is 80.0 Å². The molecule has 24 nitrogen and oxygen atoms in total. The second-order valence-electron chi connectivity index (χ2n) is 21.2. The lowest BCUT2D eigenvalue weighted by molar-refractivity contribution is -0.915. The molecule has 456 valence electrons. The fraction of sp³-hybridized carbons (Fsp3) is 0.375. The van der Waals surface area contributed by atoms with Crippen molar-refractivity contribution in [3.63, 3.8) is 0 Å². The number of aromatic hydroxyl groups is 2. The third-order valence-corrected chi connectivity index (χ3v) is 15.4. The lowest BCUT2D eigenvalue weighted by Gasteiger charge is -2.31. The minimum atomic E-state index is -4.42. The lowest BCUT2D eigenvalue weighted by Crippen LogP contribution is -2.51. The summed E-state index contributed by atoms with van der Waals surface area (Å²) in [6.45, 7) is 0.161. The van der Waals surface area contributed by atoms with Crippen LogP contribution in [0, 0.1) is 17.0 Å². The molecule has 0 spiro atoms. The average Bonchev–Trinajstić information content (AvgIpc) is 1.73. The fourth-order valence-electron chi connectivity index (χ4n) is 9.50. The number of aldehydes is 1. The van der Waals surface area contributed by atoms with Crippen LogP contribution in [-0.4, -0.2) is 168 Å². The molecule has 29 heteroatoms. The summed E-state index contributed by atoms with van der Waals surface area (Å²) in [5.41, 5.74) is 5.69. The highest BCUT2D eigenvalue weighted by atomic mass is 32.2. The number of nitro groups is 1. The van der Waals surface area contributed by atoms with Gasteiger partial charge in [0.05, 0.1) is 60.5 Å². The number of aromatic nitrogens is 2. The van der Waals surface area contributed by atoms with Crippen LogP contribution < -0.4 is 30.4 Å². The molecule has 2 aliphatic rings. The van der Waals surface area contributed by atoms with Crippen molar-refractivity contribution in [3.8, 4) is 23.3 Å². The number of halogens is 2. The van der Waals surface area contributed by atoms with Crippen LogP contribution in [0.1, 0.15) is 94.9 Å². The SMILES string of the molecule is Cc1cc(C=Cc2ccc(OCCCC(=O)NC(CCCN[N+](C)(C)C)C(=O)NCCN(C)CCOc3cc([N+](=O)[O-])c(C(C)OC(=O)On4c(O)ccc4O)cc3C=O)cc2)n2c1C=C1C(CCCS(=O)(=O)O)=CC(c3cccs3)=[N+]1[B-]2(F)F. The molecule has 0 radical (unpaired) electrons. The molecule has 2 aromatic carbocycles. The zero-order chi connectivity index (χ0) is 61.8. The highest BCUT2D eigenvalue weighted by Gasteiger charge is 2.54. The van der Waals surface area contributed by atoms with Crippen molar-refractivity contribution in [3.05, 3.63) is 138 Å². The van der Waals surface area contributed by atoms with Gasteiger partial charge in [0.1, 0.15) is 30.3 Å². The number of rotatable bonds is 31. The molecule has 2 atom stereocenters.